The third kappa shape index (κ3) is 3.63. The molecule has 0 bridgehead atoms. The zero-order chi connectivity index (χ0) is 13.9. The van der Waals surface area contributed by atoms with E-state index in [4.69, 9.17) is 4.52 Å². The lowest BCUT2D eigenvalue weighted by atomic mass is 10.2. The van der Waals surface area contributed by atoms with E-state index in [1.807, 2.05) is 7.05 Å². The SMILES string of the molecule is CN(Cc1ccc(F)cc1)Cc1nc(CC2CC2)no1. The number of hydrogen-bond acceptors (Lipinski definition) is 4. The fourth-order valence-corrected chi connectivity index (χ4v) is 2.21. The zero-order valence-corrected chi connectivity index (χ0v) is 11.6. The topological polar surface area (TPSA) is 42.2 Å². The van der Waals surface area contributed by atoms with Gasteiger partial charge >= 0.3 is 0 Å². The Labute approximate surface area is 117 Å². The summed E-state index contributed by atoms with van der Waals surface area (Å²) >= 11 is 0. The van der Waals surface area contributed by atoms with Gasteiger partial charge in [-0.25, -0.2) is 4.39 Å². The lowest BCUT2D eigenvalue weighted by molar-refractivity contribution is 0.260. The standard InChI is InChI=1S/C15H18FN3O/c1-19(9-12-4-6-13(16)7-5-12)10-15-17-14(18-20-15)8-11-2-3-11/h4-7,11H,2-3,8-10H2,1H3. The molecule has 0 saturated heterocycles. The maximum Gasteiger partial charge on any atom is 0.240 e. The molecular weight excluding hydrogens is 257 g/mol. The van der Waals surface area contributed by atoms with Crippen LogP contribution in [-0.2, 0) is 19.5 Å². The molecule has 0 spiro atoms. The van der Waals surface area contributed by atoms with Crippen LogP contribution in [0, 0.1) is 11.7 Å². The zero-order valence-electron chi connectivity index (χ0n) is 11.6. The third-order valence-corrected chi connectivity index (χ3v) is 3.45. The largest absolute Gasteiger partial charge is 0.338 e. The summed E-state index contributed by atoms with van der Waals surface area (Å²) in [5, 5.41) is 4.01. The minimum atomic E-state index is -0.210. The Hall–Kier alpha value is -1.75. The molecule has 20 heavy (non-hydrogen) atoms. The fraction of sp³-hybridized carbons (Fsp3) is 0.467. The van der Waals surface area contributed by atoms with Crippen molar-refractivity contribution in [3.8, 4) is 0 Å². The molecule has 1 fully saturated rings. The second-order valence-electron chi connectivity index (χ2n) is 5.55. The third-order valence-electron chi connectivity index (χ3n) is 3.45. The number of halogens is 1. The van der Waals surface area contributed by atoms with Crippen LogP contribution in [-0.4, -0.2) is 22.1 Å². The summed E-state index contributed by atoms with van der Waals surface area (Å²) < 4.78 is 18.1. The molecule has 0 radical (unpaired) electrons. The second-order valence-corrected chi connectivity index (χ2v) is 5.55. The molecule has 1 aliphatic rings. The summed E-state index contributed by atoms with van der Waals surface area (Å²) in [6, 6.07) is 6.53. The van der Waals surface area contributed by atoms with Crippen LogP contribution in [0.4, 0.5) is 4.39 Å². The Balaban J connectivity index is 1.53. The quantitative estimate of drug-likeness (QED) is 0.813. The van der Waals surface area contributed by atoms with Crippen molar-refractivity contribution in [2.24, 2.45) is 5.92 Å². The summed E-state index contributed by atoms with van der Waals surface area (Å²) in [7, 11) is 1.98. The van der Waals surface area contributed by atoms with Crippen molar-refractivity contribution >= 4 is 0 Å². The normalized spacial score (nSPS) is 14.9. The van der Waals surface area contributed by atoms with Crippen LogP contribution in [0.5, 0.6) is 0 Å². The highest BCUT2D eigenvalue weighted by atomic mass is 19.1. The molecule has 4 nitrogen and oxygen atoms in total. The molecule has 3 rings (SSSR count). The summed E-state index contributed by atoms with van der Waals surface area (Å²) in [6.45, 7) is 1.33. The smallest absolute Gasteiger partial charge is 0.240 e. The maximum absolute atomic E-state index is 12.8. The van der Waals surface area contributed by atoms with Crippen molar-refractivity contribution in [1.29, 1.82) is 0 Å². The highest BCUT2D eigenvalue weighted by molar-refractivity contribution is 5.15. The van der Waals surface area contributed by atoms with Crippen LogP contribution in [0.1, 0.15) is 30.1 Å². The van der Waals surface area contributed by atoms with Gasteiger partial charge in [0.05, 0.1) is 6.54 Å². The minimum Gasteiger partial charge on any atom is -0.338 e. The fourth-order valence-electron chi connectivity index (χ4n) is 2.21. The van der Waals surface area contributed by atoms with E-state index in [9.17, 15) is 4.39 Å². The number of rotatable bonds is 6. The summed E-state index contributed by atoms with van der Waals surface area (Å²) in [5.74, 6) is 2.01. The summed E-state index contributed by atoms with van der Waals surface area (Å²) in [6.07, 6.45) is 3.51. The van der Waals surface area contributed by atoms with Crippen molar-refractivity contribution in [1.82, 2.24) is 15.0 Å². The van der Waals surface area contributed by atoms with Gasteiger partial charge in [0.2, 0.25) is 5.89 Å². The Morgan fingerprint density at radius 3 is 2.70 bits per heavy atom. The van der Waals surface area contributed by atoms with Gasteiger partial charge in [0.1, 0.15) is 5.82 Å². The van der Waals surface area contributed by atoms with Crippen molar-refractivity contribution in [2.75, 3.05) is 7.05 Å². The highest BCUT2D eigenvalue weighted by Gasteiger charge is 2.24. The molecule has 1 aromatic heterocycles. The van der Waals surface area contributed by atoms with Crippen LogP contribution >= 0.6 is 0 Å². The van der Waals surface area contributed by atoms with Gasteiger partial charge in [0, 0.05) is 13.0 Å². The number of aromatic nitrogens is 2. The molecule has 1 aliphatic carbocycles. The van der Waals surface area contributed by atoms with Gasteiger partial charge in [-0.1, -0.05) is 17.3 Å². The minimum absolute atomic E-state index is 0.210. The molecule has 0 amide bonds. The molecule has 0 aliphatic heterocycles. The Bertz CT molecular complexity index is 563. The van der Waals surface area contributed by atoms with Crippen LogP contribution in [0.15, 0.2) is 28.8 Å². The van der Waals surface area contributed by atoms with Crippen LogP contribution < -0.4 is 0 Å². The molecule has 0 atom stereocenters. The van der Waals surface area contributed by atoms with Crippen molar-refractivity contribution in [2.45, 2.75) is 32.4 Å². The first kappa shape index (κ1) is 13.2. The van der Waals surface area contributed by atoms with Gasteiger partial charge in [-0.2, -0.15) is 4.98 Å². The molecule has 1 heterocycles. The Kier molecular flexibility index (Phi) is 3.78. The monoisotopic (exact) mass is 275 g/mol. The van der Waals surface area contributed by atoms with E-state index in [0.717, 1.165) is 30.3 Å². The van der Waals surface area contributed by atoms with E-state index >= 15 is 0 Å². The molecule has 0 unspecified atom stereocenters. The van der Waals surface area contributed by atoms with Gasteiger partial charge in [-0.05, 0) is 43.5 Å². The molecule has 0 N–H and O–H groups in total. The van der Waals surface area contributed by atoms with Gasteiger partial charge in [-0.15, -0.1) is 0 Å². The average molecular weight is 275 g/mol. The number of benzene rings is 1. The molecule has 1 aromatic carbocycles. The van der Waals surface area contributed by atoms with E-state index < -0.39 is 0 Å². The molecule has 106 valence electrons. The van der Waals surface area contributed by atoms with E-state index in [-0.39, 0.29) is 5.82 Å². The van der Waals surface area contributed by atoms with Gasteiger partial charge in [0.15, 0.2) is 5.82 Å². The van der Waals surface area contributed by atoms with E-state index in [1.54, 1.807) is 12.1 Å². The molecule has 2 aromatic rings. The molecule has 1 saturated carbocycles. The van der Waals surface area contributed by atoms with Crippen LogP contribution in [0.2, 0.25) is 0 Å². The van der Waals surface area contributed by atoms with E-state index in [0.29, 0.717) is 12.4 Å². The van der Waals surface area contributed by atoms with E-state index in [2.05, 4.69) is 15.0 Å². The molecular formula is C15H18FN3O. The summed E-state index contributed by atoms with van der Waals surface area (Å²) in [4.78, 5) is 6.48. The maximum atomic E-state index is 12.8. The van der Waals surface area contributed by atoms with Gasteiger partial charge in [-0.3, -0.25) is 4.90 Å². The van der Waals surface area contributed by atoms with E-state index in [1.165, 1.54) is 25.0 Å². The van der Waals surface area contributed by atoms with Crippen LogP contribution in [0.3, 0.4) is 0 Å². The molecule has 5 heteroatoms. The predicted octanol–water partition coefficient (Wildman–Crippen LogP) is 2.79. The summed E-state index contributed by atoms with van der Waals surface area (Å²) in [5.41, 5.74) is 1.06. The Morgan fingerprint density at radius 2 is 2.00 bits per heavy atom. The number of hydrogen-bond donors (Lipinski definition) is 0. The van der Waals surface area contributed by atoms with Gasteiger partial charge in [0.25, 0.3) is 0 Å². The highest BCUT2D eigenvalue weighted by Crippen LogP contribution is 2.31. The first-order chi connectivity index (χ1) is 9.69. The average Bonchev–Trinajstić information content (AvgIpc) is 3.12. The second kappa shape index (κ2) is 5.71. The van der Waals surface area contributed by atoms with Crippen molar-refractivity contribution in [3.63, 3.8) is 0 Å². The lowest BCUT2D eigenvalue weighted by Crippen LogP contribution is -2.17. The first-order valence-corrected chi connectivity index (χ1v) is 6.93. The first-order valence-electron chi connectivity index (χ1n) is 6.93. The predicted molar refractivity (Wildman–Crippen MR) is 72.3 cm³/mol. The lowest BCUT2D eigenvalue weighted by Gasteiger charge is -2.13. The number of nitrogens with zero attached hydrogens (tertiary/aromatic N) is 3. The van der Waals surface area contributed by atoms with Crippen molar-refractivity contribution < 1.29 is 8.91 Å². The van der Waals surface area contributed by atoms with Crippen LogP contribution in [0.25, 0.3) is 0 Å². The van der Waals surface area contributed by atoms with Crippen molar-refractivity contribution in [3.05, 3.63) is 47.4 Å². The van der Waals surface area contributed by atoms with Gasteiger partial charge < -0.3 is 4.52 Å². The Morgan fingerprint density at radius 1 is 1.25 bits per heavy atom.